The Morgan fingerprint density at radius 2 is 1.76 bits per heavy atom. The minimum atomic E-state index is -3.51. The third-order valence-corrected chi connectivity index (χ3v) is 12.1. The van der Waals surface area contributed by atoms with Gasteiger partial charge in [0.25, 0.3) is 0 Å². The van der Waals surface area contributed by atoms with Crippen molar-refractivity contribution in [2.45, 2.75) is 101 Å². The molecule has 2 aromatic carbocycles. The van der Waals surface area contributed by atoms with Crippen LogP contribution >= 0.6 is 0 Å². The Kier molecular flexibility index (Phi) is 10.7. The maximum absolute atomic E-state index is 15.4. The summed E-state index contributed by atoms with van der Waals surface area (Å²) < 4.78 is 63.3. The van der Waals surface area contributed by atoms with Crippen molar-refractivity contribution in [3.05, 3.63) is 65.2 Å². The summed E-state index contributed by atoms with van der Waals surface area (Å²) in [6.45, 7) is 6.37. The van der Waals surface area contributed by atoms with Gasteiger partial charge < -0.3 is 25.8 Å². The fourth-order valence-electron chi connectivity index (χ4n) is 7.48. The second kappa shape index (κ2) is 14.3. The highest BCUT2D eigenvalue weighted by Crippen LogP contribution is 2.39. The van der Waals surface area contributed by atoms with Gasteiger partial charge in [0.1, 0.15) is 17.7 Å². The summed E-state index contributed by atoms with van der Waals surface area (Å²) in [6.07, 6.45) is 1.23. The number of sulfonamides is 1. The Bertz CT molecular complexity index is 1500. The average Bonchev–Trinajstić information content (AvgIpc) is 3.07. The van der Waals surface area contributed by atoms with Crippen LogP contribution in [0.2, 0.25) is 0 Å². The number of halogens is 2. The lowest BCUT2D eigenvalue weighted by molar-refractivity contribution is -0.120. The van der Waals surface area contributed by atoms with Gasteiger partial charge in [-0.25, -0.2) is 22.0 Å². The van der Waals surface area contributed by atoms with E-state index >= 15 is 4.39 Å². The number of carboxylic acid groups (broad SMARTS) is 1. The predicted molar refractivity (Wildman–Crippen MR) is 170 cm³/mol. The quantitative estimate of drug-likeness (QED) is 0.308. The van der Waals surface area contributed by atoms with Gasteiger partial charge in [0.2, 0.25) is 15.9 Å². The molecule has 10 nitrogen and oxygen atoms in total. The summed E-state index contributed by atoms with van der Waals surface area (Å²) in [6, 6.07) is 8.38. The normalized spacial score (nSPS) is 30.4. The van der Waals surface area contributed by atoms with Gasteiger partial charge in [-0.3, -0.25) is 4.79 Å². The molecule has 3 aliphatic heterocycles. The van der Waals surface area contributed by atoms with Crippen molar-refractivity contribution < 1.29 is 36.6 Å². The van der Waals surface area contributed by atoms with Gasteiger partial charge in [-0.1, -0.05) is 18.2 Å². The molecule has 3 unspecified atom stereocenters. The third-order valence-electron chi connectivity index (χ3n) is 9.73. The van der Waals surface area contributed by atoms with E-state index in [9.17, 15) is 27.5 Å². The molecule has 0 spiro atoms. The molecule has 2 aromatic rings. The number of ether oxygens (including phenoxy) is 1. The molecule has 9 atom stereocenters. The fraction of sp³-hybridized carbons (Fsp3) is 0.576. The van der Waals surface area contributed by atoms with Crippen LogP contribution in [-0.4, -0.2) is 78.5 Å². The Balaban J connectivity index is 1.41. The molecule has 3 fully saturated rings. The number of rotatable bonds is 9. The van der Waals surface area contributed by atoms with Crippen LogP contribution in [0, 0.1) is 17.6 Å². The molecule has 0 radical (unpaired) electrons. The first-order valence-corrected chi connectivity index (χ1v) is 17.6. The lowest BCUT2D eigenvalue weighted by atomic mass is 9.74. The lowest BCUT2D eigenvalue weighted by Gasteiger charge is -2.40. The van der Waals surface area contributed by atoms with Crippen molar-refractivity contribution in [2.75, 3.05) is 18.4 Å². The molecule has 0 saturated carbocycles. The van der Waals surface area contributed by atoms with E-state index in [0.29, 0.717) is 44.3 Å². The van der Waals surface area contributed by atoms with Crippen molar-refractivity contribution in [1.82, 2.24) is 14.9 Å². The van der Waals surface area contributed by atoms with Crippen LogP contribution in [0.5, 0.6) is 0 Å². The van der Waals surface area contributed by atoms with Gasteiger partial charge in [-0.2, -0.15) is 4.31 Å². The topological polar surface area (TPSA) is 137 Å². The molecule has 3 heterocycles. The van der Waals surface area contributed by atoms with E-state index in [-0.39, 0.29) is 47.9 Å². The molecule has 3 aliphatic rings. The Hall–Kier alpha value is -3.13. The molecule has 13 heteroatoms. The molecule has 2 bridgehead atoms. The van der Waals surface area contributed by atoms with E-state index < -0.39 is 50.9 Å². The number of hydrogen-bond acceptors (Lipinski definition) is 6. The molecule has 0 aromatic heterocycles. The molecule has 5 rings (SSSR count). The van der Waals surface area contributed by atoms with Crippen LogP contribution in [0.25, 0.3) is 0 Å². The maximum atomic E-state index is 15.4. The van der Waals surface area contributed by atoms with Crippen LogP contribution in [0.15, 0.2) is 42.5 Å². The molecule has 4 N–H and O–H groups in total. The van der Waals surface area contributed by atoms with Crippen LogP contribution in [0.4, 0.5) is 19.3 Å². The first kappa shape index (κ1) is 34.2. The van der Waals surface area contributed by atoms with E-state index in [4.69, 9.17) is 4.74 Å². The monoisotopic (exact) mass is 662 g/mol. The largest absolute Gasteiger partial charge is 0.465 e. The molecular formula is C33H44F2N4O6S. The van der Waals surface area contributed by atoms with E-state index in [0.717, 1.165) is 6.42 Å². The number of fused-ring (bicyclic) bond motifs is 2. The number of carbonyl (C=O) groups excluding carboxylic acids is 1. The van der Waals surface area contributed by atoms with Crippen molar-refractivity contribution in [1.29, 1.82) is 0 Å². The first-order valence-electron chi connectivity index (χ1n) is 16.1. The zero-order chi connectivity index (χ0) is 33.2. The van der Waals surface area contributed by atoms with Gasteiger partial charge in [0, 0.05) is 42.3 Å². The van der Waals surface area contributed by atoms with Crippen LogP contribution in [0.3, 0.4) is 0 Å². The zero-order valence-corrected chi connectivity index (χ0v) is 27.2. The second-order valence-electron chi connectivity index (χ2n) is 13.0. The van der Waals surface area contributed by atoms with Crippen molar-refractivity contribution >= 4 is 27.7 Å². The Labute approximate surface area is 269 Å². The second-order valence-corrected chi connectivity index (χ2v) is 15.4. The summed E-state index contributed by atoms with van der Waals surface area (Å²) in [5.74, 6) is -2.55. The van der Waals surface area contributed by atoms with Crippen LogP contribution < -0.4 is 16.0 Å². The van der Waals surface area contributed by atoms with E-state index in [1.807, 2.05) is 13.8 Å². The SMILES string of the molecule is CC1CC[C@@H]2CN([C@@H](CCc3c(F)cccc3NC(=O)[C@@H](NC(=O)O)[C@@H](c3ccc(F)cc3)C3C[C@@H](C)O[C@@H](C)C3)CN2)S1(=O)=O. The third kappa shape index (κ3) is 7.70. The van der Waals surface area contributed by atoms with E-state index in [1.54, 1.807) is 29.4 Å². The Morgan fingerprint density at radius 1 is 1.07 bits per heavy atom. The number of hydrogen-bond donors (Lipinski definition) is 4. The molecule has 252 valence electrons. The number of carbonyl (C=O) groups is 2. The highest BCUT2D eigenvalue weighted by atomic mass is 32.2. The fourth-order valence-corrected chi connectivity index (χ4v) is 9.36. The molecular weight excluding hydrogens is 618 g/mol. The molecule has 46 heavy (non-hydrogen) atoms. The van der Waals surface area contributed by atoms with Crippen molar-refractivity contribution in [2.24, 2.45) is 5.92 Å². The van der Waals surface area contributed by atoms with E-state index in [2.05, 4.69) is 16.0 Å². The minimum absolute atomic E-state index is 0.0775. The summed E-state index contributed by atoms with van der Waals surface area (Å²) in [5.41, 5.74) is 0.985. The molecule has 2 amide bonds. The average molecular weight is 663 g/mol. The number of nitrogens with zero attached hydrogens (tertiary/aromatic N) is 1. The van der Waals surface area contributed by atoms with Gasteiger partial charge in [0.05, 0.1) is 17.5 Å². The number of nitrogens with one attached hydrogen (secondary N) is 3. The zero-order valence-electron chi connectivity index (χ0n) is 26.4. The van der Waals surface area contributed by atoms with Gasteiger partial charge in [0.15, 0.2) is 0 Å². The van der Waals surface area contributed by atoms with Gasteiger partial charge >= 0.3 is 6.09 Å². The summed E-state index contributed by atoms with van der Waals surface area (Å²) >= 11 is 0. The molecule has 0 aliphatic carbocycles. The summed E-state index contributed by atoms with van der Waals surface area (Å²) in [4.78, 5) is 26.1. The number of benzene rings is 2. The summed E-state index contributed by atoms with van der Waals surface area (Å²) in [5, 5.41) is 17.9. The number of amides is 2. The van der Waals surface area contributed by atoms with Crippen LogP contribution in [-0.2, 0) is 26.0 Å². The Morgan fingerprint density at radius 3 is 2.43 bits per heavy atom. The smallest absolute Gasteiger partial charge is 0.405 e. The summed E-state index contributed by atoms with van der Waals surface area (Å²) in [7, 11) is -3.51. The van der Waals surface area contributed by atoms with Gasteiger partial charge in [-0.05, 0) is 95.0 Å². The molecule has 3 saturated heterocycles. The van der Waals surface area contributed by atoms with E-state index in [1.165, 1.54) is 24.3 Å². The number of anilines is 1. The van der Waals surface area contributed by atoms with Gasteiger partial charge in [-0.15, -0.1) is 0 Å². The number of piperazine rings is 1. The first-order chi connectivity index (χ1) is 21.8. The highest BCUT2D eigenvalue weighted by molar-refractivity contribution is 7.89. The predicted octanol–water partition coefficient (Wildman–Crippen LogP) is 4.61. The van der Waals surface area contributed by atoms with Crippen molar-refractivity contribution in [3.63, 3.8) is 0 Å². The maximum Gasteiger partial charge on any atom is 0.405 e. The highest BCUT2D eigenvalue weighted by Gasteiger charge is 2.42. The minimum Gasteiger partial charge on any atom is -0.465 e. The van der Waals surface area contributed by atoms with Crippen molar-refractivity contribution in [3.8, 4) is 0 Å². The lowest BCUT2D eigenvalue weighted by Crippen LogP contribution is -2.57. The van der Waals surface area contributed by atoms with Crippen LogP contribution in [0.1, 0.15) is 69.9 Å². The standard InChI is InChI=1S/C33H44F2N4O6S/c1-19-15-23(16-20(2)45-19)30(22-8-10-24(34)11-9-22)31(38-33(41)42)32(40)37-29-6-4-5-28(35)27(29)14-13-26-17-36-25-12-7-21(3)46(43,44)39(26)18-25/h4-6,8-11,19-21,23,25-26,30-31,36,38H,7,12-18H2,1-3H3,(H,37,40)(H,41,42)/t19-,20+,21?,23?,25-,26+,30+,31+/m1/s1.